The van der Waals surface area contributed by atoms with Gasteiger partial charge in [-0.1, -0.05) is 6.92 Å². The first-order chi connectivity index (χ1) is 8.71. The third-order valence-electron chi connectivity index (χ3n) is 2.25. The Morgan fingerprint density at radius 1 is 1.39 bits per heavy atom. The molecule has 0 spiro atoms. The highest BCUT2D eigenvalue weighted by Crippen LogP contribution is 2.14. The molecule has 1 rings (SSSR count). The number of rotatable bonds is 7. The van der Waals surface area contributed by atoms with Gasteiger partial charge in [-0.25, -0.2) is 0 Å². The van der Waals surface area contributed by atoms with E-state index in [9.17, 15) is 4.79 Å². The third-order valence-corrected chi connectivity index (χ3v) is 2.25. The van der Waals surface area contributed by atoms with Crippen molar-refractivity contribution in [1.82, 2.24) is 9.97 Å². The summed E-state index contributed by atoms with van der Waals surface area (Å²) in [5.74, 6) is 0.775. The van der Waals surface area contributed by atoms with E-state index in [1.807, 2.05) is 11.8 Å². The highest BCUT2D eigenvalue weighted by atomic mass is 16.5. The maximum absolute atomic E-state index is 11.5. The Bertz CT molecular complexity index is 385. The van der Waals surface area contributed by atoms with Crippen LogP contribution in [0.2, 0.25) is 0 Å². The summed E-state index contributed by atoms with van der Waals surface area (Å²) in [5.41, 5.74) is 0. The Morgan fingerprint density at radius 2 is 2.17 bits per heavy atom. The average Bonchev–Trinajstić information content (AvgIpc) is 2.38. The Balaban J connectivity index is 2.79. The smallest absolute Gasteiger partial charge is 0.325 e. The minimum absolute atomic E-state index is 0.170. The summed E-state index contributed by atoms with van der Waals surface area (Å²) < 4.78 is 9.96. The second-order valence-corrected chi connectivity index (χ2v) is 3.65. The van der Waals surface area contributed by atoms with E-state index in [1.54, 1.807) is 13.1 Å². The topological polar surface area (TPSA) is 64.6 Å². The molecule has 0 N–H and O–H groups in total. The second kappa shape index (κ2) is 7.47. The lowest BCUT2D eigenvalue weighted by atomic mass is 10.4. The number of carbonyl (C=O) groups excluding carboxylic acids is 1. The van der Waals surface area contributed by atoms with Gasteiger partial charge in [-0.3, -0.25) is 9.78 Å². The molecule has 0 unspecified atom stereocenters. The molecule has 1 aromatic heterocycles. The molecule has 0 atom stereocenters. The van der Waals surface area contributed by atoms with Gasteiger partial charge in [0.25, 0.3) is 0 Å². The predicted molar refractivity (Wildman–Crippen MR) is 67.7 cm³/mol. The van der Waals surface area contributed by atoms with Crippen molar-refractivity contribution in [2.75, 3.05) is 31.7 Å². The van der Waals surface area contributed by atoms with Crippen molar-refractivity contribution in [1.29, 1.82) is 0 Å². The van der Waals surface area contributed by atoms with Gasteiger partial charge in [0.05, 0.1) is 26.1 Å². The molecule has 0 aliphatic carbocycles. The summed E-state index contributed by atoms with van der Waals surface area (Å²) in [7, 11) is 1.53. The van der Waals surface area contributed by atoms with E-state index in [1.165, 1.54) is 13.3 Å². The Labute approximate surface area is 107 Å². The highest BCUT2D eigenvalue weighted by molar-refractivity contribution is 5.75. The number of esters is 1. The molecule has 100 valence electrons. The molecule has 6 heteroatoms. The zero-order valence-electron chi connectivity index (χ0n) is 11.0. The summed E-state index contributed by atoms with van der Waals surface area (Å²) in [6.07, 6.45) is 4.04. The second-order valence-electron chi connectivity index (χ2n) is 3.65. The Kier molecular flexibility index (Phi) is 5.90. The average molecular weight is 253 g/mol. The third kappa shape index (κ3) is 4.20. The van der Waals surface area contributed by atoms with Crippen molar-refractivity contribution in [3.8, 4) is 5.88 Å². The van der Waals surface area contributed by atoms with E-state index in [0.717, 1.165) is 6.42 Å². The van der Waals surface area contributed by atoms with Crippen LogP contribution in [0.25, 0.3) is 0 Å². The van der Waals surface area contributed by atoms with Gasteiger partial charge in [-0.15, -0.1) is 0 Å². The van der Waals surface area contributed by atoms with Gasteiger partial charge in [0.1, 0.15) is 6.54 Å². The van der Waals surface area contributed by atoms with Crippen LogP contribution in [0.15, 0.2) is 12.4 Å². The van der Waals surface area contributed by atoms with Gasteiger partial charge >= 0.3 is 5.97 Å². The standard InChI is InChI=1S/C12H19N3O3/c1-4-6-15(9-12(16)18-5-2)10-7-13-8-11(14-10)17-3/h7-8H,4-6,9H2,1-3H3. The van der Waals surface area contributed by atoms with Gasteiger partial charge in [-0.05, 0) is 13.3 Å². The first-order valence-corrected chi connectivity index (χ1v) is 5.97. The molecular weight excluding hydrogens is 234 g/mol. The molecule has 0 fully saturated rings. The molecule has 0 amide bonds. The van der Waals surface area contributed by atoms with Gasteiger partial charge in [0, 0.05) is 6.54 Å². The molecule has 0 aliphatic heterocycles. The fourth-order valence-corrected chi connectivity index (χ4v) is 1.50. The number of nitrogens with zero attached hydrogens (tertiary/aromatic N) is 3. The normalized spacial score (nSPS) is 9.94. The Morgan fingerprint density at radius 3 is 2.78 bits per heavy atom. The maximum Gasteiger partial charge on any atom is 0.325 e. The molecule has 0 saturated heterocycles. The van der Waals surface area contributed by atoms with E-state index in [0.29, 0.717) is 24.8 Å². The van der Waals surface area contributed by atoms with E-state index in [4.69, 9.17) is 9.47 Å². The molecule has 6 nitrogen and oxygen atoms in total. The largest absolute Gasteiger partial charge is 0.480 e. The lowest BCUT2D eigenvalue weighted by Gasteiger charge is -2.21. The summed E-state index contributed by atoms with van der Waals surface area (Å²) in [4.78, 5) is 21.6. The van der Waals surface area contributed by atoms with Crippen molar-refractivity contribution in [3.05, 3.63) is 12.4 Å². The van der Waals surface area contributed by atoms with Crippen molar-refractivity contribution in [2.24, 2.45) is 0 Å². The monoisotopic (exact) mass is 253 g/mol. The fraction of sp³-hybridized carbons (Fsp3) is 0.583. The van der Waals surface area contributed by atoms with E-state index in [-0.39, 0.29) is 12.5 Å². The van der Waals surface area contributed by atoms with Gasteiger partial charge < -0.3 is 14.4 Å². The molecular formula is C12H19N3O3. The van der Waals surface area contributed by atoms with Crippen molar-refractivity contribution in [2.45, 2.75) is 20.3 Å². The predicted octanol–water partition coefficient (Wildman–Crippen LogP) is 1.26. The fourth-order valence-electron chi connectivity index (χ4n) is 1.50. The highest BCUT2D eigenvalue weighted by Gasteiger charge is 2.13. The number of methoxy groups -OCH3 is 1. The summed E-state index contributed by atoms with van der Waals surface area (Å²) in [6.45, 7) is 5.08. The van der Waals surface area contributed by atoms with Crippen molar-refractivity contribution >= 4 is 11.8 Å². The number of anilines is 1. The SMILES string of the molecule is CCCN(CC(=O)OCC)c1cncc(OC)n1. The van der Waals surface area contributed by atoms with E-state index in [2.05, 4.69) is 9.97 Å². The molecule has 18 heavy (non-hydrogen) atoms. The number of hydrogen-bond donors (Lipinski definition) is 0. The lowest BCUT2D eigenvalue weighted by Crippen LogP contribution is -2.32. The van der Waals surface area contributed by atoms with E-state index >= 15 is 0 Å². The Hall–Kier alpha value is -1.85. The molecule has 1 heterocycles. The summed E-state index contributed by atoms with van der Waals surface area (Å²) >= 11 is 0. The minimum Gasteiger partial charge on any atom is -0.480 e. The van der Waals surface area contributed by atoms with Crippen LogP contribution < -0.4 is 9.64 Å². The van der Waals surface area contributed by atoms with Gasteiger partial charge in [-0.2, -0.15) is 4.98 Å². The number of ether oxygens (including phenoxy) is 2. The summed E-state index contributed by atoms with van der Waals surface area (Å²) in [5, 5.41) is 0. The number of carbonyl (C=O) groups is 1. The number of hydrogen-bond acceptors (Lipinski definition) is 6. The van der Waals surface area contributed by atoms with Crippen LogP contribution in [0.3, 0.4) is 0 Å². The van der Waals surface area contributed by atoms with Crippen LogP contribution >= 0.6 is 0 Å². The van der Waals surface area contributed by atoms with Crippen LogP contribution in [0.4, 0.5) is 5.82 Å². The molecule has 0 aromatic carbocycles. The van der Waals surface area contributed by atoms with E-state index < -0.39 is 0 Å². The van der Waals surface area contributed by atoms with Crippen LogP contribution in [0.5, 0.6) is 5.88 Å². The minimum atomic E-state index is -0.268. The van der Waals surface area contributed by atoms with Crippen LogP contribution in [0, 0.1) is 0 Å². The molecule has 0 radical (unpaired) electrons. The summed E-state index contributed by atoms with van der Waals surface area (Å²) in [6, 6.07) is 0. The van der Waals surface area contributed by atoms with Crippen molar-refractivity contribution in [3.63, 3.8) is 0 Å². The quantitative estimate of drug-likeness (QED) is 0.682. The van der Waals surface area contributed by atoms with Crippen molar-refractivity contribution < 1.29 is 14.3 Å². The molecule has 1 aromatic rings. The zero-order valence-corrected chi connectivity index (χ0v) is 11.0. The number of aromatic nitrogens is 2. The maximum atomic E-state index is 11.5. The zero-order chi connectivity index (χ0) is 13.4. The molecule has 0 aliphatic rings. The molecule has 0 saturated carbocycles. The first-order valence-electron chi connectivity index (χ1n) is 5.97. The van der Waals surface area contributed by atoms with Crippen LogP contribution in [-0.2, 0) is 9.53 Å². The lowest BCUT2D eigenvalue weighted by molar-refractivity contribution is -0.141. The van der Waals surface area contributed by atoms with Crippen LogP contribution in [0.1, 0.15) is 20.3 Å². The van der Waals surface area contributed by atoms with Gasteiger partial charge in [0.2, 0.25) is 5.88 Å². The van der Waals surface area contributed by atoms with Gasteiger partial charge in [0.15, 0.2) is 5.82 Å². The van der Waals surface area contributed by atoms with Crippen LogP contribution in [-0.4, -0.2) is 42.7 Å². The first kappa shape index (κ1) is 14.2. The molecule has 0 bridgehead atoms.